The van der Waals surface area contributed by atoms with Gasteiger partial charge in [0.15, 0.2) is 6.61 Å². The van der Waals surface area contributed by atoms with Crippen LogP contribution in [0.5, 0.6) is 11.5 Å². The number of carbonyl (C=O) groups is 1. The molecule has 2 rings (SSSR count). The third-order valence-electron chi connectivity index (χ3n) is 3.21. The van der Waals surface area contributed by atoms with Crippen molar-refractivity contribution in [2.45, 2.75) is 13.3 Å². The number of nitriles is 1. The van der Waals surface area contributed by atoms with Gasteiger partial charge in [0.1, 0.15) is 11.5 Å². The average molecular weight is 310 g/mol. The number of ether oxygens (including phenoxy) is 2. The van der Waals surface area contributed by atoms with Crippen LogP contribution < -0.4 is 14.8 Å². The number of aryl methyl sites for hydroxylation is 1. The minimum Gasteiger partial charge on any atom is -0.495 e. The fourth-order valence-electron chi connectivity index (χ4n) is 2.05. The monoisotopic (exact) mass is 310 g/mol. The summed E-state index contributed by atoms with van der Waals surface area (Å²) in [5.41, 5.74) is 2.55. The van der Waals surface area contributed by atoms with Gasteiger partial charge >= 0.3 is 0 Å². The Kier molecular flexibility index (Phi) is 5.59. The van der Waals surface area contributed by atoms with Crippen LogP contribution in [0.2, 0.25) is 0 Å². The predicted molar refractivity (Wildman–Crippen MR) is 87.6 cm³/mol. The topological polar surface area (TPSA) is 71.3 Å². The van der Waals surface area contributed by atoms with Gasteiger partial charge in [-0.1, -0.05) is 18.2 Å². The maximum Gasteiger partial charge on any atom is 0.262 e. The summed E-state index contributed by atoms with van der Waals surface area (Å²) in [4.78, 5) is 12.0. The molecule has 0 aliphatic heterocycles. The molecule has 5 nitrogen and oxygen atoms in total. The summed E-state index contributed by atoms with van der Waals surface area (Å²) in [5.74, 6) is 0.915. The molecular formula is C18H18N2O3. The van der Waals surface area contributed by atoms with Crippen molar-refractivity contribution in [2.24, 2.45) is 0 Å². The molecule has 0 heterocycles. The number of nitrogens with one attached hydrogen (secondary N) is 1. The molecule has 0 saturated heterocycles. The van der Waals surface area contributed by atoms with Gasteiger partial charge in [0.05, 0.1) is 25.3 Å². The third-order valence-corrected chi connectivity index (χ3v) is 3.21. The summed E-state index contributed by atoms with van der Waals surface area (Å²) < 4.78 is 10.7. The van der Waals surface area contributed by atoms with Crippen molar-refractivity contribution in [2.75, 3.05) is 19.0 Å². The zero-order chi connectivity index (χ0) is 16.7. The van der Waals surface area contributed by atoms with Gasteiger partial charge in [0.2, 0.25) is 0 Å². The van der Waals surface area contributed by atoms with Crippen LogP contribution in [0.15, 0.2) is 42.5 Å². The molecule has 0 spiro atoms. The summed E-state index contributed by atoms with van der Waals surface area (Å²) in [6, 6.07) is 14.7. The standard InChI is InChI=1S/C18H18N2O3/c1-13-3-8-17(22-2)16(11-13)20-18(21)12-23-15-6-4-14(5-7-15)9-10-19/h3-8,11H,9,12H2,1-2H3,(H,20,21). The molecule has 0 aliphatic carbocycles. The van der Waals surface area contributed by atoms with Gasteiger partial charge in [-0.25, -0.2) is 0 Å². The third kappa shape index (κ3) is 4.75. The molecule has 0 fully saturated rings. The van der Waals surface area contributed by atoms with E-state index in [2.05, 4.69) is 11.4 Å². The van der Waals surface area contributed by atoms with Crippen molar-refractivity contribution in [3.8, 4) is 17.6 Å². The van der Waals surface area contributed by atoms with E-state index < -0.39 is 0 Å². The van der Waals surface area contributed by atoms with Crippen molar-refractivity contribution in [3.05, 3.63) is 53.6 Å². The molecule has 5 heteroatoms. The Balaban J connectivity index is 1.92. The van der Waals surface area contributed by atoms with Gasteiger partial charge < -0.3 is 14.8 Å². The van der Waals surface area contributed by atoms with Crippen LogP contribution in [0.4, 0.5) is 5.69 Å². The van der Waals surface area contributed by atoms with Crippen molar-refractivity contribution in [1.29, 1.82) is 5.26 Å². The number of amides is 1. The Morgan fingerprint density at radius 1 is 1.22 bits per heavy atom. The maximum atomic E-state index is 12.0. The van der Waals surface area contributed by atoms with Crippen molar-refractivity contribution in [3.63, 3.8) is 0 Å². The molecule has 0 aliphatic rings. The maximum absolute atomic E-state index is 12.0. The van der Waals surface area contributed by atoms with E-state index in [1.807, 2.05) is 19.1 Å². The molecule has 0 unspecified atom stereocenters. The highest BCUT2D eigenvalue weighted by molar-refractivity contribution is 5.93. The summed E-state index contributed by atoms with van der Waals surface area (Å²) in [6.07, 6.45) is 0.355. The number of rotatable bonds is 6. The van der Waals surface area contributed by atoms with E-state index in [4.69, 9.17) is 14.7 Å². The first kappa shape index (κ1) is 16.4. The molecule has 0 aromatic heterocycles. The lowest BCUT2D eigenvalue weighted by Gasteiger charge is -2.11. The number of anilines is 1. The van der Waals surface area contributed by atoms with E-state index in [-0.39, 0.29) is 12.5 Å². The lowest BCUT2D eigenvalue weighted by Crippen LogP contribution is -2.20. The first-order valence-electron chi connectivity index (χ1n) is 7.15. The Bertz CT molecular complexity index is 718. The largest absolute Gasteiger partial charge is 0.495 e. The molecule has 118 valence electrons. The van der Waals surface area contributed by atoms with E-state index in [9.17, 15) is 4.79 Å². The lowest BCUT2D eigenvalue weighted by molar-refractivity contribution is -0.118. The van der Waals surface area contributed by atoms with Gasteiger partial charge in [0.25, 0.3) is 5.91 Å². The van der Waals surface area contributed by atoms with Crippen molar-refractivity contribution >= 4 is 11.6 Å². The van der Waals surface area contributed by atoms with Crippen LogP contribution in [-0.4, -0.2) is 19.6 Å². The molecule has 0 radical (unpaired) electrons. The van der Waals surface area contributed by atoms with Crippen LogP contribution in [0, 0.1) is 18.3 Å². The molecular weight excluding hydrogens is 292 g/mol. The summed E-state index contributed by atoms with van der Waals surface area (Å²) in [7, 11) is 1.56. The molecule has 0 atom stereocenters. The van der Waals surface area contributed by atoms with E-state index in [1.54, 1.807) is 37.4 Å². The van der Waals surface area contributed by atoms with Crippen LogP contribution in [0.25, 0.3) is 0 Å². The van der Waals surface area contributed by atoms with Crippen LogP contribution in [-0.2, 0) is 11.2 Å². The second-order valence-corrected chi connectivity index (χ2v) is 5.02. The van der Waals surface area contributed by atoms with E-state index >= 15 is 0 Å². The number of carbonyl (C=O) groups excluding carboxylic acids is 1. The number of methoxy groups -OCH3 is 1. The smallest absolute Gasteiger partial charge is 0.262 e. The fraction of sp³-hybridized carbons (Fsp3) is 0.222. The molecule has 0 saturated carbocycles. The van der Waals surface area contributed by atoms with Gasteiger partial charge in [-0.3, -0.25) is 4.79 Å². The summed E-state index contributed by atoms with van der Waals surface area (Å²) >= 11 is 0. The zero-order valence-electron chi connectivity index (χ0n) is 13.1. The van der Waals surface area contributed by atoms with E-state index in [0.29, 0.717) is 23.6 Å². The minimum atomic E-state index is -0.269. The normalized spacial score (nSPS) is 9.78. The van der Waals surface area contributed by atoms with Gasteiger partial charge in [0, 0.05) is 0 Å². The van der Waals surface area contributed by atoms with E-state index in [0.717, 1.165) is 11.1 Å². The second-order valence-electron chi connectivity index (χ2n) is 5.02. The van der Waals surface area contributed by atoms with Gasteiger partial charge in [-0.15, -0.1) is 0 Å². The molecule has 2 aromatic carbocycles. The van der Waals surface area contributed by atoms with Crippen LogP contribution in [0.1, 0.15) is 11.1 Å². The van der Waals surface area contributed by atoms with Gasteiger partial charge in [-0.05, 0) is 42.3 Å². The highest BCUT2D eigenvalue weighted by Crippen LogP contribution is 2.25. The highest BCUT2D eigenvalue weighted by atomic mass is 16.5. The Labute approximate surface area is 135 Å². The summed E-state index contributed by atoms with van der Waals surface area (Å²) in [6.45, 7) is 1.84. The van der Waals surface area contributed by atoms with E-state index in [1.165, 1.54) is 0 Å². The number of hydrogen-bond donors (Lipinski definition) is 1. The van der Waals surface area contributed by atoms with Crippen LogP contribution >= 0.6 is 0 Å². The molecule has 1 N–H and O–H groups in total. The van der Waals surface area contributed by atoms with Crippen LogP contribution in [0.3, 0.4) is 0 Å². The molecule has 2 aromatic rings. The Hall–Kier alpha value is -3.00. The highest BCUT2D eigenvalue weighted by Gasteiger charge is 2.08. The van der Waals surface area contributed by atoms with Crippen molar-refractivity contribution < 1.29 is 14.3 Å². The minimum absolute atomic E-state index is 0.102. The van der Waals surface area contributed by atoms with Gasteiger partial charge in [-0.2, -0.15) is 5.26 Å². The second kappa shape index (κ2) is 7.85. The Morgan fingerprint density at radius 3 is 2.61 bits per heavy atom. The lowest BCUT2D eigenvalue weighted by atomic mass is 10.2. The number of benzene rings is 2. The molecule has 23 heavy (non-hydrogen) atoms. The molecule has 1 amide bonds. The SMILES string of the molecule is COc1ccc(C)cc1NC(=O)COc1ccc(CC#N)cc1. The average Bonchev–Trinajstić information content (AvgIpc) is 2.55. The van der Waals surface area contributed by atoms with Crippen molar-refractivity contribution in [1.82, 2.24) is 0 Å². The first-order valence-corrected chi connectivity index (χ1v) is 7.15. The zero-order valence-corrected chi connectivity index (χ0v) is 13.1. The fourth-order valence-corrected chi connectivity index (χ4v) is 2.05. The molecule has 0 bridgehead atoms. The first-order chi connectivity index (χ1) is 11.1. The number of nitrogens with zero attached hydrogens (tertiary/aromatic N) is 1. The number of hydrogen-bond acceptors (Lipinski definition) is 4. The Morgan fingerprint density at radius 2 is 1.96 bits per heavy atom. The summed E-state index contributed by atoms with van der Waals surface area (Å²) in [5, 5.41) is 11.4. The quantitative estimate of drug-likeness (QED) is 0.890. The predicted octanol–water partition coefficient (Wildman–Crippen LogP) is 3.09.